The van der Waals surface area contributed by atoms with Gasteiger partial charge >= 0.3 is 0 Å². The number of fused-ring (bicyclic) bond motifs is 2. The summed E-state index contributed by atoms with van der Waals surface area (Å²) in [5, 5.41) is 27.8. The van der Waals surface area contributed by atoms with E-state index in [1.54, 1.807) is 12.1 Å². The molecule has 0 radical (unpaired) electrons. The number of nitro benzene ring substituents is 1. The summed E-state index contributed by atoms with van der Waals surface area (Å²) >= 11 is 1.47. The van der Waals surface area contributed by atoms with E-state index in [1.807, 2.05) is 24.1 Å². The van der Waals surface area contributed by atoms with Gasteiger partial charge in [0.05, 0.1) is 16.7 Å². The maximum Gasteiger partial charge on any atom is 0.269 e. The molecule has 3 aromatic rings. The molecule has 9 nitrogen and oxygen atoms in total. The highest BCUT2D eigenvalue weighted by atomic mass is 32.1. The lowest BCUT2D eigenvalue weighted by Gasteiger charge is -2.21. The van der Waals surface area contributed by atoms with Gasteiger partial charge < -0.3 is 9.47 Å². The molecule has 0 bridgehead atoms. The molecule has 1 atom stereocenters. The predicted octanol–water partition coefficient (Wildman–Crippen LogP) is 3.69. The molecular weight excluding hydrogens is 406 g/mol. The highest BCUT2D eigenvalue weighted by Gasteiger charge is 2.29. The molecule has 152 valence electrons. The first-order valence-electron chi connectivity index (χ1n) is 9.35. The van der Waals surface area contributed by atoms with E-state index >= 15 is 0 Å². The van der Waals surface area contributed by atoms with E-state index < -0.39 is 4.92 Å². The Morgan fingerprint density at radius 2 is 1.90 bits per heavy atom. The number of aryl methyl sites for hydroxylation is 1. The van der Waals surface area contributed by atoms with Crippen molar-refractivity contribution < 1.29 is 14.4 Å². The zero-order valence-electron chi connectivity index (χ0n) is 16.2. The summed E-state index contributed by atoms with van der Waals surface area (Å²) in [6.07, 6.45) is 0.713. The summed E-state index contributed by atoms with van der Waals surface area (Å²) in [7, 11) is 0. The number of non-ortho nitro benzene ring substituents is 1. The molecule has 0 saturated carbocycles. The molecule has 3 heterocycles. The Balaban J connectivity index is 1.68. The molecule has 2 aliphatic rings. The van der Waals surface area contributed by atoms with E-state index in [0.29, 0.717) is 28.8 Å². The van der Waals surface area contributed by atoms with Crippen LogP contribution in [0.15, 0.2) is 41.5 Å². The summed E-state index contributed by atoms with van der Waals surface area (Å²) in [5.74, 6) is 1.38. The van der Waals surface area contributed by atoms with Crippen LogP contribution in [0.25, 0.3) is 0 Å². The Hall–Kier alpha value is -3.53. The molecule has 0 amide bonds. The highest BCUT2D eigenvalue weighted by Crippen LogP contribution is 2.38. The van der Waals surface area contributed by atoms with Crippen LogP contribution in [0.4, 0.5) is 10.8 Å². The Morgan fingerprint density at radius 1 is 1.17 bits per heavy atom. The lowest BCUT2D eigenvalue weighted by molar-refractivity contribution is -0.384. The van der Waals surface area contributed by atoms with Crippen molar-refractivity contribution in [2.45, 2.75) is 26.3 Å². The van der Waals surface area contributed by atoms with E-state index in [9.17, 15) is 10.1 Å². The Labute approximate surface area is 175 Å². The fourth-order valence-electron chi connectivity index (χ4n) is 3.60. The van der Waals surface area contributed by atoms with Crippen molar-refractivity contribution in [3.8, 4) is 11.5 Å². The van der Waals surface area contributed by atoms with Crippen LogP contribution in [0, 0.1) is 17.0 Å². The maximum absolute atomic E-state index is 11.1. The second-order valence-corrected chi connectivity index (χ2v) is 8.28. The van der Waals surface area contributed by atoms with Crippen LogP contribution in [0.3, 0.4) is 0 Å². The zero-order chi connectivity index (χ0) is 20.8. The standard InChI is InChI=1S/C20H17N5O4S/c1-11-7-14-8-17-18(29-10-28-17)9-16(14)19(13-3-5-15(6-4-13)25(26)27)23-24(11)20-22-21-12(2)30-20/h3-6,8-9,11H,7,10H2,1-2H3/t11-/m1/s1. The summed E-state index contributed by atoms with van der Waals surface area (Å²) < 4.78 is 11.1. The third kappa shape index (κ3) is 3.14. The van der Waals surface area contributed by atoms with E-state index in [-0.39, 0.29) is 18.5 Å². The van der Waals surface area contributed by atoms with Gasteiger partial charge in [0.25, 0.3) is 5.69 Å². The molecule has 10 heteroatoms. The first kappa shape index (κ1) is 18.5. The molecule has 0 fully saturated rings. The van der Waals surface area contributed by atoms with Gasteiger partial charge in [-0.15, -0.1) is 10.2 Å². The predicted molar refractivity (Wildman–Crippen MR) is 112 cm³/mol. The van der Waals surface area contributed by atoms with E-state index in [1.165, 1.54) is 23.5 Å². The van der Waals surface area contributed by atoms with Gasteiger partial charge in [-0.25, -0.2) is 5.01 Å². The van der Waals surface area contributed by atoms with Gasteiger partial charge in [-0.1, -0.05) is 11.3 Å². The first-order chi connectivity index (χ1) is 14.5. The lowest BCUT2D eigenvalue weighted by Crippen LogP contribution is -2.29. The van der Waals surface area contributed by atoms with E-state index in [4.69, 9.17) is 14.6 Å². The molecule has 2 aromatic carbocycles. The molecule has 5 rings (SSSR count). The summed E-state index contributed by atoms with van der Waals surface area (Å²) in [5.41, 5.74) is 3.46. The number of benzene rings is 2. The van der Waals surface area contributed by atoms with Gasteiger partial charge in [0.2, 0.25) is 11.9 Å². The molecule has 0 saturated heterocycles. The molecule has 30 heavy (non-hydrogen) atoms. The smallest absolute Gasteiger partial charge is 0.269 e. The molecular formula is C20H17N5O4S. The van der Waals surface area contributed by atoms with Gasteiger partial charge in [-0.2, -0.15) is 5.10 Å². The average molecular weight is 423 g/mol. The second kappa shape index (κ2) is 7.06. The number of anilines is 1. The van der Waals surface area contributed by atoms with Crippen LogP contribution in [0.1, 0.15) is 28.6 Å². The first-order valence-corrected chi connectivity index (χ1v) is 10.2. The van der Waals surface area contributed by atoms with Crippen molar-refractivity contribution in [1.29, 1.82) is 0 Å². The number of hydrogen-bond donors (Lipinski definition) is 0. The van der Waals surface area contributed by atoms with E-state index in [2.05, 4.69) is 17.1 Å². The van der Waals surface area contributed by atoms with Crippen LogP contribution < -0.4 is 14.5 Å². The molecule has 0 unspecified atom stereocenters. The van der Waals surface area contributed by atoms with Crippen molar-refractivity contribution in [1.82, 2.24) is 10.2 Å². The van der Waals surface area contributed by atoms with Crippen LogP contribution in [0.5, 0.6) is 11.5 Å². The van der Waals surface area contributed by atoms with Crippen LogP contribution in [-0.4, -0.2) is 33.7 Å². The Kier molecular flexibility index (Phi) is 4.35. The monoisotopic (exact) mass is 423 g/mol. The molecule has 0 aliphatic carbocycles. The number of hydrogen-bond acceptors (Lipinski definition) is 9. The number of ether oxygens (including phenoxy) is 2. The molecule has 0 N–H and O–H groups in total. The lowest BCUT2D eigenvalue weighted by atomic mass is 9.94. The summed E-state index contributed by atoms with van der Waals surface area (Å²) in [4.78, 5) is 10.7. The van der Waals surface area contributed by atoms with Gasteiger partial charge in [-0.3, -0.25) is 10.1 Å². The fraction of sp³-hybridized carbons (Fsp3) is 0.250. The minimum atomic E-state index is -0.414. The number of nitro groups is 1. The Morgan fingerprint density at radius 3 is 2.57 bits per heavy atom. The highest BCUT2D eigenvalue weighted by molar-refractivity contribution is 7.15. The normalized spacial score (nSPS) is 17.3. The zero-order valence-corrected chi connectivity index (χ0v) is 17.0. The Bertz CT molecular complexity index is 1170. The average Bonchev–Trinajstić information content (AvgIpc) is 3.33. The SMILES string of the molecule is Cc1nnc(N2N=C(c3ccc([N+](=O)[O-])cc3)c3cc4c(cc3C[C@H]2C)OCO4)s1. The topological polar surface area (TPSA) is 103 Å². The minimum absolute atomic E-state index is 0.0204. The number of aromatic nitrogens is 2. The van der Waals surface area contributed by atoms with Gasteiger partial charge in [0, 0.05) is 23.3 Å². The maximum atomic E-state index is 11.1. The van der Waals surface area contributed by atoms with Crippen molar-refractivity contribution in [2.75, 3.05) is 11.8 Å². The van der Waals surface area contributed by atoms with Gasteiger partial charge in [0.15, 0.2) is 11.5 Å². The third-order valence-corrected chi connectivity index (χ3v) is 5.89. The second-order valence-electron chi connectivity index (χ2n) is 7.12. The number of rotatable bonds is 3. The van der Waals surface area contributed by atoms with Crippen molar-refractivity contribution in [3.05, 3.63) is 68.2 Å². The van der Waals surface area contributed by atoms with E-state index in [0.717, 1.165) is 21.7 Å². The van der Waals surface area contributed by atoms with Crippen LogP contribution >= 0.6 is 11.3 Å². The summed E-state index contributed by atoms with van der Waals surface area (Å²) in [6, 6.07) is 10.3. The van der Waals surface area contributed by atoms with Crippen molar-refractivity contribution in [3.63, 3.8) is 0 Å². The van der Waals surface area contributed by atoms with Crippen LogP contribution in [-0.2, 0) is 6.42 Å². The minimum Gasteiger partial charge on any atom is -0.454 e. The quantitative estimate of drug-likeness (QED) is 0.467. The van der Waals surface area contributed by atoms with Crippen molar-refractivity contribution >= 4 is 27.9 Å². The fourth-order valence-corrected chi connectivity index (χ4v) is 4.34. The molecule has 0 spiro atoms. The van der Waals surface area contributed by atoms with Crippen LogP contribution in [0.2, 0.25) is 0 Å². The molecule has 1 aromatic heterocycles. The largest absolute Gasteiger partial charge is 0.454 e. The summed E-state index contributed by atoms with van der Waals surface area (Å²) in [6.45, 7) is 4.17. The molecule has 2 aliphatic heterocycles. The third-order valence-electron chi connectivity index (χ3n) is 5.06. The number of nitrogens with zero attached hydrogens (tertiary/aromatic N) is 5. The van der Waals surface area contributed by atoms with Gasteiger partial charge in [0.1, 0.15) is 5.01 Å². The number of hydrazone groups is 1. The van der Waals surface area contributed by atoms with Crippen molar-refractivity contribution in [2.24, 2.45) is 5.10 Å². The van der Waals surface area contributed by atoms with Gasteiger partial charge in [-0.05, 0) is 50.1 Å².